The molecule has 0 spiro atoms. The molecule has 2 amide bonds. The highest BCUT2D eigenvalue weighted by Crippen LogP contribution is 2.26. The van der Waals surface area contributed by atoms with Crippen LogP contribution in [0.3, 0.4) is 0 Å². The average Bonchev–Trinajstić information content (AvgIpc) is 3.69. The van der Waals surface area contributed by atoms with Crippen molar-refractivity contribution in [3.05, 3.63) is 103 Å². The largest absolute Gasteiger partial charge is 0.359 e. The lowest BCUT2D eigenvalue weighted by molar-refractivity contribution is -0.120. The summed E-state index contributed by atoms with van der Waals surface area (Å²) in [4.78, 5) is 37.3. The first-order chi connectivity index (χ1) is 19.1. The molecule has 8 heteroatoms. The Bertz CT molecular complexity index is 1540. The number of aromatic amines is 1. The summed E-state index contributed by atoms with van der Waals surface area (Å²) >= 11 is 0. The highest BCUT2D eigenvalue weighted by atomic mass is 16.2. The molecule has 8 nitrogen and oxygen atoms in total. The van der Waals surface area contributed by atoms with Crippen LogP contribution in [0.5, 0.6) is 0 Å². The molecule has 0 aliphatic heterocycles. The van der Waals surface area contributed by atoms with Gasteiger partial charge in [-0.3, -0.25) is 9.59 Å². The fraction of sp³-hybridized carbons (Fsp3) is 0.226. The Hall–Kier alpha value is -4.72. The molecular formula is C31H32N6O2. The Morgan fingerprint density at radius 1 is 0.897 bits per heavy atom. The summed E-state index contributed by atoms with van der Waals surface area (Å²) < 4.78 is 1.89. The van der Waals surface area contributed by atoms with E-state index in [1.165, 1.54) is 5.39 Å². The number of pyridine rings is 1. The van der Waals surface area contributed by atoms with Gasteiger partial charge in [0.05, 0.1) is 23.5 Å². The summed E-state index contributed by atoms with van der Waals surface area (Å²) in [6.07, 6.45) is 10.9. The first-order valence-electron chi connectivity index (χ1n) is 13.3. The molecule has 5 aromatic rings. The molecule has 3 heterocycles. The number of benzene rings is 2. The second kappa shape index (κ2) is 12.2. The molecule has 0 bridgehead atoms. The third kappa shape index (κ3) is 6.41. The summed E-state index contributed by atoms with van der Waals surface area (Å²) in [7, 11) is 1.65. The molecule has 0 aliphatic rings. The number of nitrogens with zero attached hydrogens (tertiary/aromatic N) is 3. The van der Waals surface area contributed by atoms with Gasteiger partial charge in [-0.25, -0.2) is 9.97 Å². The number of unbranched alkanes of at least 4 members (excludes halogenated alkanes) is 2. The zero-order valence-electron chi connectivity index (χ0n) is 21.9. The molecule has 5 rings (SSSR count). The van der Waals surface area contributed by atoms with Crippen LogP contribution in [0.25, 0.3) is 27.8 Å². The average molecular weight is 521 g/mol. The Morgan fingerprint density at radius 3 is 2.49 bits per heavy atom. The van der Waals surface area contributed by atoms with Gasteiger partial charge in [0.1, 0.15) is 11.6 Å². The monoisotopic (exact) mass is 520 g/mol. The highest BCUT2D eigenvalue weighted by molar-refractivity contribution is 5.94. The van der Waals surface area contributed by atoms with Crippen molar-refractivity contribution in [2.45, 2.75) is 38.1 Å². The lowest BCUT2D eigenvalue weighted by Crippen LogP contribution is -2.29. The Morgan fingerprint density at radius 2 is 1.72 bits per heavy atom. The van der Waals surface area contributed by atoms with Crippen molar-refractivity contribution in [1.29, 1.82) is 0 Å². The molecule has 3 aromatic heterocycles. The molecule has 39 heavy (non-hydrogen) atoms. The van der Waals surface area contributed by atoms with Gasteiger partial charge in [-0.05, 0) is 53.9 Å². The normalized spacial score (nSPS) is 11.8. The van der Waals surface area contributed by atoms with Gasteiger partial charge >= 0.3 is 0 Å². The van der Waals surface area contributed by atoms with Gasteiger partial charge in [0.25, 0.3) is 5.91 Å². The SMILES string of the molecule is CNC(=O)CCCCCC(NC(=O)c1ccc(-n2cccc2)nc1)c1ncc(-c2ccc3ccccc3c2)[nH]1. The molecule has 0 saturated carbocycles. The molecular weight excluding hydrogens is 488 g/mol. The Kier molecular flexibility index (Phi) is 8.12. The number of aromatic nitrogens is 4. The number of carbonyl (C=O) groups is 2. The van der Waals surface area contributed by atoms with E-state index >= 15 is 0 Å². The van der Waals surface area contributed by atoms with Gasteiger partial charge in [-0.2, -0.15) is 0 Å². The van der Waals surface area contributed by atoms with E-state index < -0.39 is 0 Å². The van der Waals surface area contributed by atoms with E-state index in [-0.39, 0.29) is 17.9 Å². The number of rotatable bonds is 11. The number of nitrogens with one attached hydrogen (secondary N) is 3. The van der Waals surface area contributed by atoms with Crippen LogP contribution in [0.2, 0.25) is 0 Å². The molecule has 1 atom stereocenters. The van der Waals surface area contributed by atoms with Gasteiger partial charge in [-0.1, -0.05) is 49.2 Å². The third-order valence-electron chi connectivity index (χ3n) is 6.85. The highest BCUT2D eigenvalue weighted by Gasteiger charge is 2.20. The minimum Gasteiger partial charge on any atom is -0.359 e. The van der Waals surface area contributed by atoms with Crippen molar-refractivity contribution >= 4 is 22.6 Å². The number of amides is 2. The van der Waals surface area contributed by atoms with Crippen LogP contribution >= 0.6 is 0 Å². The van der Waals surface area contributed by atoms with E-state index in [9.17, 15) is 9.59 Å². The van der Waals surface area contributed by atoms with Crippen molar-refractivity contribution in [2.75, 3.05) is 7.05 Å². The van der Waals surface area contributed by atoms with Crippen LogP contribution in [0.1, 0.15) is 54.3 Å². The molecule has 0 saturated heterocycles. The maximum Gasteiger partial charge on any atom is 0.253 e. The maximum absolute atomic E-state index is 13.2. The topological polar surface area (TPSA) is 105 Å². The zero-order chi connectivity index (χ0) is 27.0. The number of hydrogen-bond acceptors (Lipinski definition) is 4. The Labute approximate surface area is 227 Å². The molecule has 0 aliphatic carbocycles. The van der Waals surface area contributed by atoms with Crippen LogP contribution in [0.15, 0.2) is 91.5 Å². The quantitative estimate of drug-likeness (QED) is 0.198. The lowest BCUT2D eigenvalue weighted by atomic mass is 10.1. The Balaban J connectivity index is 1.31. The van der Waals surface area contributed by atoms with Crippen LogP contribution in [-0.2, 0) is 4.79 Å². The fourth-order valence-corrected chi connectivity index (χ4v) is 4.63. The second-order valence-corrected chi connectivity index (χ2v) is 9.54. The summed E-state index contributed by atoms with van der Waals surface area (Å²) in [5.74, 6) is 1.28. The van der Waals surface area contributed by atoms with E-state index in [2.05, 4.69) is 55.9 Å². The minimum absolute atomic E-state index is 0.0433. The van der Waals surface area contributed by atoms with Gasteiger partial charge < -0.3 is 20.2 Å². The molecule has 0 radical (unpaired) electrons. The minimum atomic E-state index is -0.309. The maximum atomic E-state index is 13.2. The summed E-state index contributed by atoms with van der Waals surface area (Å²) in [6.45, 7) is 0. The number of fused-ring (bicyclic) bond motifs is 1. The number of imidazole rings is 1. The van der Waals surface area contributed by atoms with Crippen molar-refractivity contribution in [3.8, 4) is 17.1 Å². The fourth-order valence-electron chi connectivity index (χ4n) is 4.63. The lowest BCUT2D eigenvalue weighted by Gasteiger charge is -2.17. The van der Waals surface area contributed by atoms with E-state index in [0.29, 0.717) is 24.2 Å². The molecule has 0 fully saturated rings. The number of carbonyl (C=O) groups excluding carboxylic acids is 2. The van der Waals surface area contributed by atoms with E-state index in [0.717, 1.165) is 41.7 Å². The van der Waals surface area contributed by atoms with Crippen LogP contribution in [0, 0.1) is 0 Å². The number of H-pyrrole nitrogens is 1. The third-order valence-corrected chi connectivity index (χ3v) is 6.85. The first kappa shape index (κ1) is 25.9. The summed E-state index contributed by atoms with van der Waals surface area (Å²) in [5, 5.41) is 8.14. The smallest absolute Gasteiger partial charge is 0.253 e. The summed E-state index contributed by atoms with van der Waals surface area (Å²) in [6, 6.07) is 21.7. The standard InChI is InChI=1S/C31H32N6O2/c1-32-29(38)12-4-2-3-11-26(36-31(39)25-15-16-28(33-20-25)37-17-7-8-18-37)30-34-21-27(35-30)24-14-13-22-9-5-6-10-23(22)19-24/h5-10,13-21,26H,2-4,11-12H2,1H3,(H,32,38)(H,34,35)(H,36,39). The van der Waals surface area contributed by atoms with Crippen molar-refractivity contribution in [1.82, 2.24) is 30.2 Å². The number of hydrogen-bond donors (Lipinski definition) is 3. The van der Waals surface area contributed by atoms with Crippen LogP contribution in [0.4, 0.5) is 0 Å². The van der Waals surface area contributed by atoms with Gasteiger partial charge in [0.2, 0.25) is 5.91 Å². The van der Waals surface area contributed by atoms with Gasteiger partial charge in [-0.15, -0.1) is 0 Å². The zero-order valence-corrected chi connectivity index (χ0v) is 21.9. The van der Waals surface area contributed by atoms with E-state index in [4.69, 9.17) is 0 Å². The second-order valence-electron chi connectivity index (χ2n) is 9.54. The van der Waals surface area contributed by atoms with E-state index in [1.54, 1.807) is 19.3 Å². The predicted molar refractivity (Wildman–Crippen MR) is 152 cm³/mol. The van der Waals surface area contributed by atoms with Gasteiger partial charge in [0, 0.05) is 37.6 Å². The van der Waals surface area contributed by atoms with Crippen molar-refractivity contribution < 1.29 is 9.59 Å². The molecule has 198 valence electrons. The molecule has 2 aromatic carbocycles. The van der Waals surface area contributed by atoms with E-state index in [1.807, 2.05) is 53.5 Å². The van der Waals surface area contributed by atoms with Crippen molar-refractivity contribution in [3.63, 3.8) is 0 Å². The van der Waals surface area contributed by atoms with Crippen LogP contribution < -0.4 is 10.6 Å². The molecule has 3 N–H and O–H groups in total. The predicted octanol–water partition coefficient (Wildman–Crippen LogP) is 5.58. The molecule has 1 unspecified atom stereocenters. The van der Waals surface area contributed by atoms with Crippen LogP contribution in [-0.4, -0.2) is 38.4 Å². The summed E-state index contributed by atoms with van der Waals surface area (Å²) in [5.41, 5.74) is 2.41. The van der Waals surface area contributed by atoms with Gasteiger partial charge in [0.15, 0.2) is 0 Å². The van der Waals surface area contributed by atoms with Crippen molar-refractivity contribution in [2.24, 2.45) is 0 Å². The first-order valence-corrected chi connectivity index (χ1v) is 13.3.